The molecule has 4 heteroatoms. The fourth-order valence-corrected chi connectivity index (χ4v) is 3.30. The zero-order chi connectivity index (χ0) is 14.0. The van der Waals surface area contributed by atoms with Crippen molar-refractivity contribution < 1.29 is 4.74 Å². The number of nitrogens with two attached hydrogens (primary N) is 1. The summed E-state index contributed by atoms with van der Waals surface area (Å²) in [5.41, 5.74) is 5.93. The van der Waals surface area contributed by atoms with E-state index in [1.54, 1.807) is 0 Å². The SMILES string of the molecule is NC(=NCCOC1CCCCCC1)NC1CCCCC1. The van der Waals surface area contributed by atoms with Gasteiger partial charge in [-0.15, -0.1) is 0 Å². The number of nitrogens with zero attached hydrogens (tertiary/aromatic N) is 1. The Morgan fingerprint density at radius 1 is 0.950 bits per heavy atom. The largest absolute Gasteiger partial charge is 0.376 e. The molecule has 2 fully saturated rings. The topological polar surface area (TPSA) is 59.6 Å². The highest BCUT2D eigenvalue weighted by molar-refractivity contribution is 5.78. The zero-order valence-electron chi connectivity index (χ0n) is 12.8. The van der Waals surface area contributed by atoms with Gasteiger partial charge in [0.2, 0.25) is 0 Å². The molecule has 20 heavy (non-hydrogen) atoms. The van der Waals surface area contributed by atoms with Gasteiger partial charge in [-0.25, -0.2) is 0 Å². The summed E-state index contributed by atoms with van der Waals surface area (Å²) >= 11 is 0. The van der Waals surface area contributed by atoms with Crippen LogP contribution in [-0.2, 0) is 4.74 Å². The molecule has 0 unspecified atom stereocenters. The second-order valence-corrected chi connectivity index (χ2v) is 6.23. The number of ether oxygens (including phenoxy) is 1. The quantitative estimate of drug-likeness (QED) is 0.352. The lowest BCUT2D eigenvalue weighted by molar-refractivity contribution is 0.0487. The van der Waals surface area contributed by atoms with Crippen LogP contribution in [0.5, 0.6) is 0 Å². The first-order chi connectivity index (χ1) is 9.84. The molecule has 0 aromatic rings. The molecule has 0 bridgehead atoms. The summed E-state index contributed by atoms with van der Waals surface area (Å²) in [4.78, 5) is 4.38. The van der Waals surface area contributed by atoms with Crippen LogP contribution in [0.4, 0.5) is 0 Å². The van der Waals surface area contributed by atoms with E-state index in [0.29, 0.717) is 31.3 Å². The van der Waals surface area contributed by atoms with Crippen molar-refractivity contribution in [2.75, 3.05) is 13.2 Å². The van der Waals surface area contributed by atoms with Crippen LogP contribution in [0.15, 0.2) is 4.99 Å². The smallest absolute Gasteiger partial charge is 0.188 e. The second kappa shape index (κ2) is 9.22. The second-order valence-electron chi connectivity index (χ2n) is 6.23. The summed E-state index contributed by atoms with van der Waals surface area (Å²) in [6, 6.07) is 0.537. The van der Waals surface area contributed by atoms with E-state index >= 15 is 0 Å². The summed E-state index contributed by atoms with van der Waals surface area (Å²) in [5, 5.41) is 3.34. The van der Waals surface area contributed by atoms with Crippen LogP contribution in [0.2, 0.25) is 0 Å². The van der Waals surface area contributed by atoms with Crippen LogP contribution < -0.4 is 11.1 Å². The Morgan fingerprint density at radius 2 is 1.55 bits per heavy atom. The van der Waals surface area contributed by atoms with Crippen LogP contribution in [0.25, 0.3) is 0 Å². The molecular weight excluding hydrogens is 250 g/mol. The molecular formula is C16H31N3O. The maximum Gasteiger partial charge on any atom is 0.188 e. The van der Waals surface area contributed by atoms with Crippen LogP contribution >= 0.6 is 0 Å². The van der Waals surface area contributed by atoms with E-state index in [2.05, 4.69) is 10.3 Å². The lowest BCUT2D eigenvalue weighted by Crippen LogP contribution is -2.41. The van der Waals surface area contributed by atoms with Gasteiger partial charge in [-0.3, -0.25) is 4.99 Å². The average molecular weight is 281 g/mol. The Labute approximate surface area is 123 Å². The molecule has 0 spiro atoms. The van der Waals surface area contributed by atoms with Gasteiger partial charge in [-0.05, 0) is 25.7 Å². The predicted molar refractivity (Wildman–Crippen MR) is 83.9 cm³/mol. The van der Waals surface area contributed by atoms with Gasteiger partial charge in [0.25, 0.3) is 0 Å². The van der Waals surface area contributed by atoms with Crippen molar-refractivity contribution in [3.63, 3.8) is 0 Å². The lowest BCUT2D eigenvalue weighted by atomic mass is 9.96. The molecule has 0 heterocycles. The number of hydrogen-bond donors (Lipinski definition) is 2. The van der Waals surface area contributed by atoms with Crippen LogP contribution in [0.1, 0.15) is 70.6 Å². The third-order valence-electron chi connectivity index (χ3n) is 4.49. The van der Waals surface area contributed by atoms with Gasteiger partial charge < -0.3 is 15.8 Å². The summed E-state index contributed by atoms with van der Waals surface area (Å²) in [5.74, 6) is 0.598. The molecule has 116 valence electrons. The van der Waals surface area contributed by atoms with Crippen LogP contribution in [0.3, 0.4) is 0 Å². The first-order valence-corrected chi connectivity index (χ1v) is 8.52. The fourth-order valence-electron chi connectivity index (χ4n) is 3.30. The van der Waals surface area contributed by atoms with E-state index in [-0.39, 0.29) is 0 Å². The highest BCUT2D eigenvalue weighted by Gasteiger charge is 2.14. The van der Waals surface area contributed by atoms with E-state index in [0.717, 1.165) is 0 Å². The first kappa shape index (κ1) is 15.6. The van der Waals surface area contributed by atoms with Gasteiger partial charge in [0.05, 0.1) is 19.3 Å². The Bertz CT molecular complexity index is 279. The average Bonchev–Trinajstić information content (AvgIpc) is 2.73. The molecule has 0 amide bonds. The molecule has 0 aliphatic heterocycles. The molecule has 2 saturated carbocycles. The van der Waals surface area contributed by atoms with Gasteiger partial charge in [-0.1, -0.05) is 44.9 Å². The number of guanidine groups is 1. The van der Waals surface area contributed by atoms with E-state index in [9.17, 15) is 0 Å². The molecule has 0 aromatic heterocycles. The van der Waals surface area contributed by atoms with E-state index < -0.39 is 0 Å². The Kier molecular flexibility index (Phi) is 7.20. The summed E-state index contributed by atoms with van der Waals surface area (Å²) in [6.45, 7) is 1.39. The standard InChI is InChI=1S/C16H31N3O/c17-16(19-14-8-4-3-5-9-14)18-12-13-20-15-10-6-1-2-7-11-15/h14-15H,1-13H2,(H3,17,18,19). The molecule has 0 radical (unpaired) electrons. The number of aliphatic imine (C=N–C) groups is 1. The summed E-state index contributed by atoms with van der Waals surface area (Å²) in [6.07, 6.45) is 14.7. The maximum atomic E-state index is 5.93. The van der Waals surface area contributed by atoms with Gasteiger partial charge in [0, 0.05) is 6.04 Å². The molecule has 2 rings (SSSR count). The summed E-state index contributed by atoms with van der Waals surface area (Å²) in [7, 11) is 0. The third kappa shape index (κ3) is 6.12. The molecule has 3 N–H and O–H groups in total. The minimum Gasteiger partial charge on any atom is -0.376 e. The highest BCUT2D eigenvalue weighted by atomic mass is 16.5. The van der Waals surface area contributed by atoms with Gasteiger partial charge in [0.15, 0.2) is 5.96 Å². The van der Waals surface area contributed by atoms with Crippen molar-refractivity contribution in [2.24, 2.45) is 10.7 Å². The van der Waals surface area contributed by atoms with Crippen molar-refractivity contribution in [1.29, 1.82) is 0 Å². The van der Waals surface area contributed by atoms with E-state index in [1.165, 1.54) is 70.6 Å². The Hall–Kier alpha value is -0.770. The van der Waals surface area contributed by atoms with Crippen molar-refractivity contribution >= 4 is 5.96 Å². The third-order valence-corrected chi connectivity index (χ3v) is 4.49. The highest BCUT2D eigenvalue weighted by Crippen LogP contribution is 2.19. The minimum absolute atomic E-state index is 0.459. The molecule has 0 saturated heterocycles. The lowest BCUT2D eigenvalue weighted by Gasteiger charge is -2.23. The molecule has 0 aromatic carbocycles. The van der Waals surface area contributed by atoms with Crippen molar-refractivity contribution in [1.82, 2.24) is 5.32 Å². The van der Waals surface area contributed by atoms with E-state index in [1.807, 2.05) is 0 Å². The van der Waals surface area contributed by atoms with Crippen molar-refractivity contribution in [3.8, 4) is 0 Å². The number of hydrogen-bond acceptors (Lipinski definition) is 2. The van der Waals surface area contributed by atoms with Gasteiger partial charge >= 0.3 is 0 Å². The zero-order valence-corrected chi connectivity index (χ0v) is 12.8. The Balaban J connectivity index is 1.57. The van der Waals surface area contributed by atoms with Crippen LogP contribution in [0, 0.1) is 0 Å². The molecule has 4 nitrogen and oxygen atoms in total. The molecule has 2 aliphatic carbocycles. The van der Waals surface area contributed by atoms with Crippen molar-refractivity contribution in [2.45, 2.75) is 82.8 Å². The first-order valence-electron chi connectivity index (χ1n) is 8.52. The number of rotatable bonds is 5. The monoisotopic (exact) mass is 281 g/mol. The van der Waals surface area contributed by atoms with E-state index in [4.69, 9.17) is 10.5 Å². The fraction of sp³-hybridized carbons (Fsp3) is 0.938. The molecule has 2 aliphatic rings. The van der Waals surface area contributed by atoms with Gasteiger partial charge in [-0.2, -0.15) is 0 Å². The molecule has 0 atom stereocenters. The summed E-state index contributed by atoms with van der Waals surface area (Å²) < 4.78 is 5.91. The minimum atomic E-state index is 0.459. The van der Waals surface area contributed by atoms with Crippen molar-refractivity contribution in [3.05, 3.63) is 0 Å². The van der Waals surface area contributed by atoms with Crippen LogP contribution in [-0.4, -0.2) is 31.3 Å². The van der Waals surface area contributed by atoms with Gasteiger partial charge in [0.1, 0.15) is 0 Å². The predicted octanol–water partition coefficient (Wildman–Crippen LogP) is 2.96. The number of nitrogens with one attached hydrogen (secondary N) is 1. The maximum absolute atomic E-state index is 5.93. The normalized spacial score (nSPS) is 23.5. The Morgan fingerprint density at radius 3 is 2.25 bits per heavy atom.